The molecule has 2 amide bonds. The molecule has 14 nitrogen and oxygen atoms in total. The molecule has 1 saturated heterocycles. The first-order valence-corrected chi connectivity index (χ1v) is 9.35. The lowest BCUT2D eigenvalue weighted by molar-refractivity contribution is -0.497. The molecule has 0 aromatic rings. The minimum absolute atomic E-state index is 0.110. The maximum atomic E-state index is 12.1. The SMILES string of the molecule is O=C(OCC(=O)N1CCN(C(=O)COC(=O)C2CC2[N+](=O)[O-])CC1)C1CC1[N+](=O)[O-]. The molecule has 30 heavy (non-hydrogen) atoms. The number of piperazine rings is 1. The Bertz CT molecular complexity index is 714. The summed E-state index contributed by atoms with van der Waals surface area (Å²) in [7, 11) is 0. The predicted octanol–water partition coefficient (Wildman–Crippen LogP) is -1.93. The molecule has 164 valence electrons. The molecule has 0 bridgehead atoms. The molecule has 3 fully saturated rings. The summed E-state index contributed by atoms with van der Waals surface area (Å²) in [4.78, 5) is 70.3. The van der Waals surface area contributed by atoms with Crippen LogP contribution in [0.15, 0.2) is 0 Å². The molecule has 2 saturated carbocycles. The molecule has 0 N–H and O–H groups in total. The third kappa shape index (κ3) is 4.99. The van der Waals surface area contributed by atoms with Gasteiger partial charge in [0.1, 0.15) is 11.8 Å². The van der Waals surface area contributed by atoms with Gasteiger partial charge in [0.05, 0.1) is 0 Å². The van der Waals surface area contributed by atoms with Crippen LogP contribution < -0.4 is 0 Å². The fraction of sp³-hybridized carbons (Fsp3) is 0.750. The number of nitrogens with zero attached hydrogens (tertiary/aromatic N) is 4. The van der Waals surface area contributed by atoms with Crippen LogP contribution in [0, 0.1) is 32.1 Å². The van der Waals surface area contributed by atoms with E-state index < -0.39 is 70.7 Å². The molecule has 3 rings (SSSR count). The van der Waals surface area contributed by atoms with Crippen molar-refractivity contribution < 1.29 is 38.5 Å². The lowest BCUT2D eigenvalue weighted by Crippen LogP contribution is -2.52. The van der Waals surface area contributed by atoms with Gasteiger partial charge in [-0.3, -0.25) is 39.4 Å². The average Bonchev–Trinajstić information content (AvgIpc) is 3.62. The monoisotopic (exact) mass is 428 g/mol. The summed E-state index contributed by atoms with van der Waals surface area (Å²) in [6.07, 6.45) is 0.220. The van der Waals surface area contributed by atoms with Crippen molar-refractivity contribution in [2.45, 2.75) is 24.9 Å². The fourth-order valence-electron chi connectivity index (χ4n) is 3.20. The van der Waals surface area contributed by atoms with E-state index in [2.05, 4.69) is 0 Å². The van der Waals surface area contributed by atoms with Crippen LogP contribution >= 0.6 is 0 Å². The minimum Gasteiger partial charge on any atom is -0.455 e. The van der Waals surface area contributed by atoms with E-state index in [1.165, 1.54) is 9.80 Å². The Kier molecular flexibility index (Phi) is 6.12. The van der Waals surface area contributed by atoms with Gasteiger partial charge in [-0.05, 0) is 0 Å². The smallest absolute Gasteiger partial charge is 0.316 e. The molecule has 1 heterocycles. The zero-order valence-electron chi connectivity index (χ0n) is 15.8. The molecule has 1 aliphatic heterocycles. The zero-order valence-corrected chi connectivity index (χ0v) is 15.8. The van der Waals surface area contributed by atoms with Gasteiger partial charge in [0.25, 0.3) is 11.8 Å². The molecular formula is C16H20N4O10. The molecule has 4 unspecified atom stereocenters. The third-order valence-electron chi connectivity index (χ3n) is 5.32. The molecule has 4 atom stereocenters. The summed E-state index contributed by atoms with van der Waals surface area (Å²) >= 11 is 0. The van der Waals surface area contributed by atoms with E-state index in [-0.39, 0.29) is 39.0 Å². The van der Waals surface area contributed by atoms with Crippen LogP contribution in [0.2, 0.25) is 0 Å². The predicted molar refractivity (Wildman–Crippen MR) is 92.9 cm³/mol. The van der Waals surface area contributed by atoms with E-state index in [4.69, 9.17) is 9.47 Å². The highest BCUT2D eigenvalue weighted by Gasteiger charge is 2.55. The van der Waals surface area contributed by atoms with Gasteiger partial charge in [-0.15, -0.1) is 0 Å². The van der Waals surface area contributed by atoms with Gasteiger partial charge < -0.3 is 19.3 Å². The molecule has 3 aliphatic rings. The highest BCUT2D eigenvalue weighted by atomic mass is 16.6. The van der Waals surface area contributed by atoms with Gasteiger partial charge >= 0.3 is 11.9 Å². The second kappa shape index (κ2) is 8.59. The van der Waals surface area contributed by atoms with Gasteiger partial charge in [-0.2, -0.15) is 0 Å². The number of hydrogen-bond acceptors (Lipinski definition) is 10. The fourth-order valence-corrected chi connectivity index (χ4v) is 3.20. The van der Waals surface area contributed by atoms with E-state index in [1.54, 1.807) is 0 Å². The maximum absolute atomic E-state index is 12.1. The van der Waals surface area contributed by atoms with Crippen LogP contribution in [0.4, 0.5) is 0 Å². The first-order valence-electron chi connectivity index (χ1n) is 9.35. The second-order valence-electron chi connectivity index (χ2n) is 7.37. The van der Waals surface area contributed by atoms with Crippen molar-refractivity contribution >= 4 is 23.8 Å². The van der Waals surface area contributed by atoms with Crippen molar-refractivity contribution in [3.8, 4) is 0 Å². The Morgan fingerprint density at radius 1 is 0.733 bits per heavy atom. The van der Waals surface area contributed by atoms with E-state index in [0.29, 0.717) is 0 Å². The Morgan fingerprint density at radius 2 is 1.07 bits per heavy atom. The van der Waals surface area contributed by atoms with Crippen molar-refractivity contribution in [2.75, 3.05) is 39.4 Å². The van der Waals surface area contributed by atoms with Gasteiger partial charge in [-0.1, -0.05) is 0 Å². The highest BCUT2D eigenvalue weighted by molar-refractivity contribution is 5.84. The standard InChI is InChI=1S/C16H20N4O10/c21-13(7-29-15(23)9-5-11(9)19(25)26)17-1-2-18(4-3-17)14(22)8-30-16(24)10-6-12(10)20(27)28/h9-12H,1-8H2. The van der Waals surface area contributed by atoms with Gasteiger partial charge in [-0.25, -0.2) is 0 Å². The molecule has 14 heteroatoms. The van der Waals surface area contributed by atoms with Crippen LogP contribution in [0.3, 0.4) is 0 Å². The normalized spacial score (nSPS) is 27.1. The van der Waals surface area contributed by atoms with Gasteiger partial charge in [0.15, 0.2) is 13.2 Å². The largest absolute Gasteiger partial charge is 0.455 e. The van der Waals surface area contributed by atoms with Crippen LogP contribution in [0.25, 0.3) is 0 Å². The summed E-state index contributed by atoms with van der Waals surface area (Å²) < 4.78 is 9.67. The van der Waals surface area contributed by atoms with Crippen LogP contribution in [0.1, 0.15) is 12.8 Å². The van der Waals surface area contributed by atoms with Crippen molar-refractivity contribution in [2.24, 2.45) is 11.8 Å². The van der Waals surface area contributed by atoms with E-state index in [9.17, 15) is 39.4 Å². The lowest BCUT2D eigenvalue weighted by Gasteiger charge is -2.34. The minimum atomic E-state index is -0.943. The summed E-state index contributed by atoms with van der Waals surface area (Å²) in [5.74, 6) is -4.09. The second-order valence-corrected chi connectivity index (χ2v) is 7.37. The van der Waals surface area contributed by atoms with E-state index >= 15 is 0 Å². The van der Waals surface area contributed by atoms with Crippen LogP contribution in [-0.2, 0) is 28.7 Å². The molecule has 2 aliphatic carbocycles. The summed E-state index contributed by atoms with van der Waals surface area (Å²) in [5.41, 5.74) is 0. The molecule has 0 aromatic carbocycles. The zero-order chi connectivity index (χ0) is 22.0. The summed E-state index contributed by atoms with van der Waals surface area (Å²) in [6, 6.07) is -1.89. The Labute approximate surface area is 169 Å². The first-order chi connectivity index (χ1) is 14.2. The van der Waals surface area contributed by atoms with Crippen molar-refractivity contribution in [1.82, 2.24) is 9.80 Å². The number of nitro groups is 2. The van der Waals surface area contributed by atoms with Gasteiger partial charge in [0, 0.05) is 48.9 Å². The lowest BCUT2D eigenvalue weighted by atomic mass is 10.3. The molecular weight excluding hydrogens is 408 g/mol. The number of hydrogen-bond donors (Lipinski definition) is 0. The van der Waals surface area contributed by atoms with E-state index in [0.717, 1.165) is 0 Å². The molecule has 0 spiro atoms. The molecule has 0 radical (unpaired) electrons. The van der Waals surface area contributed by atoms with Crippen LogP contribution in [0.5, 0.6) is 0 Å². The number of ether oxygens (including phenoxy) is 2. The van der Waals surface area contributed by atoms with E-state index in [1.807, 2.05) is 0 Å². The number of esters is 2. The quantitative estimate of drug-likeness (QED) is 0.240. The highest BCUT2D eigenvalue weighted by Crippen LogP contribution is 2.34. The van der Waals surface area contributed by atoms with Gasteiger partial charge in [0.2, 0.25) is 12.1 Å². The number of carbonyl (C=O) groups excluding carboxylic acids is 4. The average molecular weight is 428 g/mol. The number of carbonyl (C=O) groups is 4. The Hall–Kier alpha value is -3.32. The third-order valence-corrected chi connectivity index (χ3v) is 5.32. The number of amides is 2. The van der Waals surface area contributed by atoms with Crippen molar-refractivity contribution in [1.29, 1.82) is 0 Å². The maximum Gasteiger partial charge on any atom is 0.316 e. The summed E-state index contributed by atoms with van der Waals surface area (Å²) in [6.45, 7) is -0.313. The Morgan fingerprint density at radius 3 is 1.33 bits per heavy atom. The first kappa shape index (κ1) is 21.4. The van der Waals surface area contributed by atoms with Crippen LogP contribution in [-0.4, -0.2) is 94.9 Å². The number of rotatable bonds is 8. The summed E-state index contributed by atoms with van der Waals surface area (Å²) in [5, 5.41) is 21.1. The topological polar surface area (TPSA) is 180 Å². The van der Waals surface area contributed by atoms with Crippen molar-refractivity contribution in [3.63, 3.8) is 0 Å². The molecule has 0 aromatic heterocycles. The van der Waals surface area contributed by atoms with Crippen molar-refractivity contribution in [3.05, 3.63) is 20.2 Å². The Balaban J connectivity index is 1.32.